The van der Waals surface area contributed by atoms with Crippen molar-refractivity contribution in [1.29, 1.82) is 0 Å². The van der Waals surface area contributed by atoms with E-state index in [4.69, 9.17) is 0 Å². The van der Waals surface area contributed by atoms with E-state index < -0.39 is 11.7 Å². The van der Waals surface area contributed by atoms with E-state index in [1.807, 2.05) is 20.8 Å². The second-order valence-electron chi connectivity index (χ2n) is 8.95. The summed E-state index contributed by atoms with van der Waals surface area (Å²) in [4.78, 5) is 17.9. The van der Waals surface area contributed by atoms with Crippen molar-refractivity contribution in [2.75, 3.05) is 6.54 Å². The van der Waals surface area contributed by atoms with Crippen LogP contribution < -0.4 is 0 Å². The molecule has 1 rings (SSSR count). The SMILES string of the molecule is C\C=C(/N=C\C(=C(/C)CC)C(C)(C)O)N(C[C@@H]1CCC[C@H](CCCC)C1)C(=O)O. The molecule has 0 aromatic carbocycles. The number of carboxylic acid groups (broad SMARTS) is 1. The van der Waals surface area contributed by atoms with Crippen molar-refractivity contribution < 1.29 is 15.0 Å². The molecule has 5 heteroatoms. The standard InChI is InChI=1S/C24H42N2O3/c1-7-10-12-19-13-11-14-20(15-19)17-26(23(27)28)22(9-3)25-16-21(18(4)8-2)24(5,6)29/h9,16,19-20,29H,7-8,10-15,17H2,1-6H3,(H,27,28)/b21-18-,22-9+,25-16-/t19-,20+/m0/s1. The van der Waals surface area contributed by atoms with Crippen LogP contribution in [-0.4, -0.2) is 39.6 Å². The van der Waals surface area contributed by atoms with Gasteiger partial charge in [0.25, 0.3) is 0 Å². The van der Waals surface area contributed by atoms with E-state index in [2.05, 4.69) is 11.9 Å². The molecule has 2 N–H and O–H groups in total. The fourth-order valence-electron chi connectivity index (χ4n) is 4.26. The molecule has 0 unspecified atom stereocenters. The van der Waals surface area contributed by atoms with Crippen LogP contribution in [0.5, 0.6) is 0 Å². The fourth-order valence-corrected chi connectivity index (χ4v) is 4.26. The molecule has 0 aromatic rings. The van der Waals surface area contributed by atoms with Crippen LogP contribution in [0.4, 0.5) is 4.79 Å². The number of rotatable bonds is 10. The Labute approximate surface area is 177 Å². The minimum absolute atomic E-state index is 0.383. The maximum atomic E-state index is 12.0. The van der Waals surface area contributed by atoms with Gasteiger partial charge < -0.3 is 10.2 Å². The first-order valence-corrected chi connectivity index (χ1v) is 11.3. The van der Waals surface area contributed by atoms with Gasteiger partial charge in [-0.15, -0.1) is 0 Å². The van der Waals surface area contributed by atoms with Gasteiger partial charge in [0.05, 0.1) is 5.60 Å². The monoisotopic (exact) mass is 406 g/mol. The third kappa shape index (κ3) is 8.33. The highest BCUT2D eigenvalue weighted by atomic mass is 16.4. The lowest BCUT2D eigenvalue weighted by molar-refractivity contribution is 0.125. The summed E-state index contributed by atoms with van der Waals surface area (Å²) in [5, 5.41) is 20.3. The highest BCUT2D eigenvalue weighted by Gasteiger charge is 2.27. The predicted octanol–water partition coefficient (Wildman–Crippen LogP) is 6.39. The maximum Gasteiger partial charge on any atom is 0.413 e. The van der Waals surface area contributed by atoms with E-state index in [-0.39, 0.29) is 0 Å². The molecule has 0 aromatic heterocycles. The molecule has 1 fully saturated rings. The van der Waals surface area contributed by atoms with Gasteiger partial charge in [-0.05, 0) is 64.9 Å². The largest absolute Gasteiger partial charge is 0.465 e. The molecule has 0 bridgehead atoms. The number of carbonyl (C=O) groups is 1. The smallest absolute Gasteiger partial charge is 0.413 e. The lowest BCUT2D eigenvalue weighted by Crippen LogP contribution is -2.35. The lowest BCUT2D eigenvalue weighted by atomic mass is 9.79. The van der Waals surface area contributed by atoms with Crippen LogP contribution in [0.3, 0.4) is 0 Å². The molecule has 0 saturated heterocycles. The number of amides is 1. The normalized spacial score (nSPS) is 22.0. The Morgan fingerprint density at radius 1 is 1.24 bits per heavy atom. The molecule has 1 aliphatic carbocycles. The van der Waals surface area contributed by atoms with E-state index in [1.54, 1.807) is 26.1 Å². The van der Waals surface area contributed by atoms with Gasteiger partial charge in [0.1, 0.15) is 5.82 Å². The van der Waals surface area contributed by atoms with Gasteiger partial charge in [0.2, 0.25) is 0 Å². The Bertz CT molecular complexity index is 614. The number of allylic oxidation sites excluding steroid dienone is 2. The first-order chi connectivity index (χ1) is 13.6. The van der Waals surface area contributed by atoms with Crippen molar-refractivity contribution in [2.45, 2.75) is 98.5 Å². The number of nitrogens with zero attached hydrogens (tertiary/aromatic N) is 2. The van der Waals surface area contributed by atoms with Crippen LogP contribution in [0.2, 0.25) is 0 Å². The summed E-state index contributed by atoms with van der Waals surface area (Å²) >= 11 is 0. The molecule has 0 radical (unpaired) electrons. The van der Waals surface area contributed by atoms with Crippen LogP contribution in [0.15, 0.2) is 28.0 Å². The molecule has 0 aliphatic heterocycles. The number of unbranched alkanes of at least 4 members (excludes halogenated alkanes) is 1. The summed E-state index contributed by atoms with van der Waals surface area (Å²) in [5.41, 5.74) is 0.762. The summed E-state index contributed by atoms with van der Waals surface area (Å²) in [7, 11) is 0. The zero-order chi connectivity index (χ0) is 22.0. The first kappa shape index (κ1) is 25.4. The number of hydrogen-bond acceptors (Lipinski definition) is 3. The molecule has 5 nitrogen and oxygen atoms in total. The maximum absolute atomic E-state index is 12.0. The average molecular weight is 407 g/mol. The Hall–Kier alpha value is -1.62. The summed E-state index contributed by atoms with van der Waals surface area (Å²) in [5.74, 6) is 1.53. The topological polar surface area (TPSA) is 73.1 Å². The van der Waals surface area contributed by atoms with Crippen LogP contribution in [0.25, 0.3) is 0 Å². The quantitative estimate of drug-likeness (QED) is 0.413. The third-order valence-corrected chi connectivity index (χ3v) is 6.04. The molecule has 1 saturated carbocycles. The van der Waals surface area contributed by atoms with Crippen LogP contribution >= 0.6 is 0 Å². The van der Waals surface area contributed by atoms with E-state index in [1.165, 1.54) is 37.0 Å². The predicted molar refractivity (Wildman–Crippen MR) is 121 cm³/mol. The molecule has 166 valence electrons. The Morgan fingerprint density at radius 3 is 2.41 bits per heavy atom. The van der Waals surface area contributed by atoms with E-state index in [0.717, 1.165) is 36.3 Å². The number of aliphatic hydroxyl groups is 1. The fraction of sp³-hybridized carbons (Fsp3) is 0.750. The van der Waals surface area contributed by atoms with Crippen LogP contribution in [0.1, 0.15) is 92.9 Å². The highest BCUT2D eigenvalue weighted by molar-refractivity contribution is 5.83. The van der Waals surface area contributed by atoms with Crippen molar-refractivity contribution in [3.05, 3.63) is 23.0 Å². The summed E-state index contributed by atoms with van der Waals surface area (Å²) < 4.78 is 0. The molecule has 1 amide bonds. The van der Waals surface area contributed by atoms with Gasteiger partial charge in [0, 0.05) is 18.3 Å². The third-order valence-electron chi connectivity index (χ3n) is 6.04. The Morgan fingerprint density at radius 2 is 1.90 bits per heavy atom. The van der Waals surface area contributed by atoms with Crippen molar-refractivity contribution in [1.82, 2.24) is 4.90 Å². The summed E-state index contributed by atoms with van der Waals surface area (Å²) in [6, 6.07) is 0. The van der Waals surface area contributed by atoms with E-state index >= 15 is 0 Å². The van der Waals surface area contributed by atoms with E-state index in [0.29, 0.717) is 18.3 Å². The van der Waals surface area contributed by atoms with Crippen molar-refractivity contribution in [3.63, 3.8) is 0 Å². The first-order valence-electron chi connectivity index (χ1n) is 11.3. The summed E-state index contributed by atoms with van der Waals surface area (Å²) in [6.07, 6.45) is 11.6. The van der Waals surface area contributed by atoms with Gasteiger partial charge in [-0.1, -0.05) is 51.5 Å². The Balaban J connectivity index is 2.97. The molecule has 1 aliphatic rings. The zero-order valence-corrected chi connectivity index (χ0v) is 19.4. The molecule has 0 spiro atoms. The molecule has 0 heterocycles. The molecule has 2 atom stereocenters. The Kier molecular flexibility index (Phi) is 10.7. The van der Waals surface area contributed by atoms with Crippen molar-refractivity contribution in [3.8, 4) is 0 Å². The van der Waals surface area contributed by atoms with Gasteiger partial charge in [-0.25, -0.2) is 9.79 Å². The molecule has 29 heavy (non-hydrogen) atoms. The highest BCUT2D eigenvalue weighted by Crippen LogP contribution is 2.33. The zero-order valence-electron chi connectivity index (χ0n) is 19.4. The second kappa shape index (κ2) is 12.2. The van der Waals surface area contributed by atoms with Crippen molar-refractivity contribution >= 4 is 12.3 Å². The van der Waals surface area contributed by atoms with E-state index in [9.17, 15) is 15.0 Å². The van der Waals surface area contributed by atoms with Gasteiger partial charge in [-0.2, -0.15) is 0 Å². The van der Waals surface area contributed by atoms with Gasteiger partial charge >= 0.3 is 6.09 Å². The van der Waals surface area contributed by atoms with Gasteiger partial charge in [0.15, 0.2) is 0 Å². The lowest BCUT2D eigenvalue weighted by Gasteiger charge is -2.32. The van der Waals surface area contributed by atoms with Crippen LogP contribution in [0, 0.1) is 11.8 Å². The second-order valence-corrected chi connectivity index (χ2v) is 8.95. The number of hydrogen-bond donors (Lipinski definition) is 2. The summed E-state index contributed by atoms with van der Waals surface area (Å²) in [6.45, 7) is 12.0. The molecular formula is C24H42N2O3. The van der Waals surface area contributed by atoms with Crippen molar-refractivity contribution in [2.24, 2.45) is 16.8 Å². The molecular weight excluding hydrogens is 364 g/mol. The van der Waals surface area contributed by atoms with Gasteiger partial charge in [-0.3, -0.25) is 4.90 Å². The average Bonchev–Trinajstić information content (AvgIpc) is 2.67. The number of aliphatic imine (C=N–C) groups is 1. The van der Waals surface area contributed by atoms with Crippen LogP contribution in [-0.2, 0) is 0 Å². The minimum Gasteiger partial charge on any atom is -0.465 e. The minimum atomic E-state index is -1.02.